The lowest BCUT2D eigenvalue weighted by molar-refractivity contribution is -0.389. The molecule has 20 heteroatoms. The molecule has 4 rings (SSSR count). The lowest BCUT2D eigenvalue weighted by Gasteiger charge is -2.36. The van der Waals surface area contributed by atoms with E-state index in [9.17, 15) is 53.5 Å². The van der Waals surface area contributed by atoms with Crippen molar-refractivity contribution in [1.29, 1.82) is 0 Å². The molecule has 0 aliphatic rings. The summed E-state index contributed by atoms with van der Waals surface area (Å²) in [4.78, 5) is 29.9. The van der Waals surface area contributed by atoms with Crippen LogP contribution in [0.3, 0.4) is 0 Å². The van der Waals surface area contributed by atoms with Crippen molar-refractivity contribution in [1.82, 2.24) is 14.8 Å². The van der Waals surface area contributed by atoms with Crippen LogP contribution in [-0.2, 0) is 5.67 Å². The van der Waals surface area contributed by atoms with E-state index in [1.165, 1.54) is 23.1 Å². The summed E-state index contributed by atoms with van der Waals surface area (Å²) in [7, 11) is 0. The predicted molar refractivity (Wildman–Crippen MR) is 150 cm³/mol. The molecule has 244 valence electrons. The van der Waals surface area contributed by atoms with Gasteiger partial charge in [0.15, 0.2) is 0 Å². The van der Waals surface area contributed by atoms with E-state index in [1.54, 1.807) is 0 Å². The van der Waals surface area contributed by atoms with Crippen molar-refractivity contribution in [3.8, 4) is 5.69 Å². The van der Waals surface area contributed by atoms with E-state index in [1.807, 2.05) is 0 Å². The van der Waals surface area contributed by atoms with Crippen LogP contribution in [0, 0.1) is 5.82 Å². The van der Waals surface area contributed by atoms with Crippen LogP contribution >= 0.6 is 43.5 Å². The Morgan fingerprint density at radius 3 is 1.96 bits per heavy atom. The fourth-order valence-corrected chi connectivity index (χ4v) is 5.61. The third kappa shape index (κ3) is 6.44. The molecule has 0 fully saturated rings. The van der Waals surface area contributed by atoms with Crippen molar-refractivity contribution in [2.75, 3.05) is 10.6 Å². The Hall–Kier alpha value is -3.71. The summed E-state index contributed by atoms with van der Waals surface area (Å²) in [5, 5.41) is 8.37. The molecule has 2 amide bonds. The van der Waals surface area contributed by atoms with Crippen molar-refractivity contribution in [3.05, 3.63) is 97.7 Å². The van der Waals surface area contributed by atoms with Crippen molar-refractivity contribution in [2.45, 2.75) is 23.9 Å². The zero-order valence-electron chi connectivity index (χ0n) is 21.8. The summed E-state index contributed by atoms with van der Waals surface area (Å²) >= 11 is 11.3. The highest BCUT2D eigenvalue weighted by molar-refractivity contribution is 9.11. The molecule has 2 N–H and O–H groups in total. The summed E-state index contributed by atoms with van der Waals surface area (Å²) in [6.07, 6.45) is -11.3. The maximum atomic E-state index is 15.0. The van der Waals surface area contributed by atoms with Gasteiger partial charge in [0.1, 0.15) is 18.5 Å². The van der Waals surface area contributed by atoms with Crippen LogP contribution in [0.4, 0.5) is 55.3 Å². The molecule has 0 spiro atoms. The number of hydrogen-bond acceptors (Lipinski definition) is 4. The third-order valence-electron chi connectivity index (χ3n) is 6.21. The van der Waals surface area contributed by atoms with Crippen LogP contribution < -0.4 is 10.6 Å². The van der Waals surface area contributed by atoms with E-state index >= 15 is 0 Å². The predicted octanol–water partition coefficient (Wildman–Crippen LogP) is 9.01. The van der Waals surface area contributed by atoms with Gasteiger partial charge in [0, 0.05) is 20.1 Å². The number of benzene rings is 3. The summed E-state index contributed by atoms with van der Waals surface area (Å²) in [6, 6.07) is 6.56. The van der Waals surface area contributed by atoms with Crippen LogP contribution in [0.5, 0.6) is 0 Å². The maximum absolute atomic E-state index is 15.0. The van der Waals surface area contributed by atoms with Gasteiger partial charge < -0.3 is 10.6 Å². The van der Waals surface area contributed by atoms with Crippen molar-refractivity contribution in [3.63, 3.8) is 0 Å². The van der Waals surface area contributed by atoms with Crippen LogP contribution in [0.15, 0.2) is 70.1 Å². The second kappa shape index (κ2) is 12.5. The Bertz CT molecular complexity index is 1800. The summed E-state index contributed by atoms with van der Waals surface area (Å²) < 4.78 is 135. The topological polar surface area (TPSA) is 88.9 Å². The molecule has 0 bridgehead atoms. The first kappa shape index (κ1) is 35.1. The van der Waals surface area contributed by atoms with Crippen LogP contribution in [0.25, 0.3) is 5.69 Å². The number of rotatable bonds is 7. The van der Waals surface area contributed by atoms with Gasteiger partial charge in [-0.25, -0.2) is 18.4 Å². The van der Waals surface area contributed by atoms with Gasteiger partial charge in [-0.2, -0.15) is 40.2 Å². The van der Waals surface area contributed by atoms with Gasteiger partial charge in [0.25, 0.3) is 11.8 Å². The van der Waals surface area contributed by atoms with Crippen LogP contribution in [0.2, 0.25) is 5.02 Å². The smallest absolute Gasteiger partial charge is 0.320 e. The summed E-state index contributed by atoms with van der Waals surface area (Å²) in [5.74, 6) is -9.52. The van der Waals surface area contributed by atoms with Gasteiger partial charge in [0.05, 0.1) is 27.6 Å². The van der Waals surface area contributed by atoms with Gasteiger partial charge in [0.2, 0.25) is 0 Å². The number of nitrogens with one attached hydrogen (secondary N) is 2. The minimum atomic E-state index is -6.93. The van der Waals surface area contributed by atoms with Gasteiger partial charge in [-0.1, -0.05) is 11.6 Å². The van der Waals surface area contributed by atoms with E-state index in [2.05, 4.69) is 52.6 Å². The minimum absolute atomic E-state index is 0.0133. The molecule has 0 aliphatic carbocycles. The maximum Gasteiger partial charge on any atom is 0.457 e. The van der Waals surface area contributed by atoms with Crippen molar-refractivity contribution < 1.29 is 53.5 Å². The normalized spacial score (nSPS) is 13.7. The number of nitrogens with zero attached hydrogens (tertiary/aromatic N) is 3. The molecule has 0 aliphatic heterocycles. The summed E-state index contributed by atoms with van der Waals surface area (Å²) in [5.41, 5.74) is -9.16. The molecular formula is C26H12Br2ClF10N5O2. The molecule has 0 saturated carbocycles. The van der Waals surface area contributed by atoms with Gasteiger partial charge in [-0.05, 0) is 80.4 Å². The Labute approximate surface area is 272 Å². The molecule has 1 heterocycles. The van der Waals surface area contributed by atoms with E-state index in [-0.39, 0.29) is 39.7 Å². The second-order valence-electron chi connectivity index (χ2n) is 9.15. The molecule has 7 nitrogen and oxygen atoms in total. The SMILES string of the molecule is O=C(Nc1c(Br)cc(C(F)(C(F)(F)F)C(F)(F)C(F)(F)F)cc1Br)c1ccc(-n2cncn2)c(NC(=O)c2ccc(F)cc2Cl)c1. The summed E-state index contributed by atoms with van der Waals surface area (Å²) in [6.45, 7) is 0. The quantitative estimate of drug-likeness (QED) is 0.183. The molecular weight excluding hydrogens is 800 g/mol. The Kier molecular flexibility index (Phi) is 9.53. The zero-order chi connectivity index (χ0) is 34.4. The third-order valence-corrected chi connectivity index (χ3v) is 7.77. The molecule has 1 aromatic heterocycles. The average Bonchev–Trinajstić information content (AvgIpc) is 3.47. The molecule has 0 radical (unpaired) electrons. The van der Waals surface area contributed by atoms with Gasteiger partial charge >= 0.3 is 23.9 Å². The highest BCUT2D eigenvalue weighted by atomic mass is 79.9. The fraction of sp³-hybridized carbons (Fsp3) is 0.154. The molecule has 3 aromatic carbocycles. The monoisotopic (exact) mass is 809 g/mol. The Morgan fingerprint density at radius 1 is 0.804 bits per heavy atom. The van der Waals surface area contributed by atoms with Crippen molar-refractivity contribution >= 4 is 66.6 Å². The first-order valence-electron chi connectivity index (χ1n) is 12.0. The number of anilines is 2. The number of carbonyl (C=O) groups is 2. The fourth-order valence-electron chi connectivity index (χ4n) is 3.97. The Balaban J connectivity index is 1.71. The molecule has 1 atom stereocenters. The highest BCUT2D eigenvalue weighted by Gasteiger charge is 2.81. The molecule has 4 aromatic rings. The van der Waals surface area contributed by atoms with E-state index in [0.29, 0.717) is 0 Å². The Morgan fingerprint density at radius 2 is 1.43 bits per heavy atom. The second-order valence-corrected chi connectivity index (χ2v) is 11.3. The number of hydrogen-bond donors (Lipinski definition) is 2. The minimum Gasteiger partial charge on any atom is -0.320 e. The average molecular weight is 812 g/mol. The zero-order valence-corrected chi connectivity index (χ0v) is 25.8. The van der Waals surface area contributed by atoms with Gasteiger partial charge in [-0.15, -0.1) is 0 Å². The largest absolute Gasteiger partial charge is 0.457 e. The number of amides is 2. The molecule has 46 heavy (non-hydrogen) atoms. The number of carbonyl (C=O) groups excluding carboxylic acids is 2. The number of aromatic nitrogens is 3. The highest BCUT2D eigenvalue weighted by Crippen LogP contribution is 2.59. The van der Waals surface area contributed by atoms with E-state index in [0.717, 1.165) is 30.6 Å². The molecule has 0 saturated heterocycles. The van der Waals surface area contributed by atoms with Gasteiger partial charge in [-0.3, -0.25) is 9.59 Å². The van der Waals surface area contributed by atoms with E-state index in [4.69, 9.17) is 11.6 Å². The van der Waals surface area contributed by atoms with Crippen LogP contribution in [0.1, 0.15) is 26.3 Å². The first-order chi connectivity index (χ1) is 21.2. The standard InChI is InChI=1S/C26H12Br2ClF10N5O2/c27-15-6-12(23(31,25(34,35)36)24(32,33)26(37,38)39)7-16(28)20(15)43-21(45)11-1-4-19(44-10-40-9-41-44)18(5-11)42-22(46)14-3-2-13(30)8-17(14)29/h1-10H,(H,42,46)(H,43,45). The van der Waals surface area contributed by atoms with Crippen molar-refractivity contribution in [2.24, 2.45) is 0 Å². The first-order valence-corrected chi connectivity index (χ1v) is 13.9. The van der Waals surface area contributed by atoms with Crippen LogP contribution in [-0.4, -0.2) is 44.9 Å². The molecule has 1 unspecified atom stereocenters. The van der Waals surface area contributed by atoms with E-state index < -0.39 is 61.8 Å². The lowest BCUT2D eigenvalue weighted by Crippen LogP contribution is -2.59. The number of halogens is 13. The number of alkyl halides is 9. The lowest BCUT2D eigenvalue weighted by atomic mass is 9.87.